The fourth-order valence-electron chi connectivity index (χ4n) is 4.24. The summed E-state index contributed by atoms with van der Waals surface area (Å²) in [6.45, 7) is 5.60. The number of halogens is 3. The first-order chi connectivity index (χ1) is 14.9. The number of nitrogens with zero attached hydrogens (tertiary/aromatic N) is 1. The highest BCUT2D eigenvalue weighted by atomic mass is 80.0. The van der Waals surface area contributed by atoms with E-state index in [1.54, 1.807) is 0 Å². The van der Waals surface area contributed by atoms with E-state index in [0.29, 0.717) is 11.5 Å². The molecule has 0 heterocycles. The van der Waals surface area contributed by atoms with Gasteiger partial charge in [0.25, 0.3) is 10.1 Å². The van der Waals surface area contributed by atoms with Crippen molar-refractivity contribution in [3.63, 3.8) is 0 Å². The topological polar surface area (TPSA) is 76.4 Å². The molecule has 1 aliphatic rings. The predicted octanol–water partition coefficient (Wildman–Crippen LogP) is 6.93. The Morgan fingerprint density at radius 3 is 2.25 bits per heavy atom. The Morgan fingerprint density at radius 1 is 1.06 bits per heavy atom. The normalized spacial score (nSPS) is 21.9. The standard InChI is InChI=1S/C23H24Br3NO4S/c1-4-32(28,29)31-21(23(24,25)26)20-19(22(20,2)3)18(14-27)15-9-8-12-17(13-15)30-16-10-6-5-7-11-16/h5-13,18-21H,4H2,1-3H3/t18-,19-,20-,21-/m1/s1. The van der Waals surface area contributed by atoms with Crippen LogP contribution in [0.5, 0.6) is 11.5 Å². The third-order valence-electron chi connectivity index (χ3n) is 5.94. The van der Waals surface area contributed by atoms with Crippen LogP contribution in [0.15, 0.2) is 54.6 Å². The van der Waals surface area contributed by atoms with Gasteiger partial charge in [-0.25, -0.2) is 0 Å². The van der Waals surface area contributed by atoms with Crippen molar-refractivity contribution < 1.29 is 17.3 Å². The molecule has 5 nitrogen and oxygen atoms in total. The van der Waals surface area contributed by atoms with Crippen LogP contribution in [0.1, 0.15) is 32.3 Å². The molecule has 2 aromatic rings. The first-order valence-electron chi connectivity index (χ1n) is 10.1. The van der Waals surface area contributed by atoms with Crippen LogP contribution in [0.25, 0.3) is 0 Å². The van der Waals surface area contributed by atoms with E-state index in [1.807, 2.05) is 68.4 Å². The first kappa shape index (κ1) is 25.7. The molecule has 3 rings (SSSR count). The van der Waals surface area contributed by atoms with E-state index in [9.17, 15) is 13.7 Å². The quantitative estimate of drug-likeness (QED) is 0.229. The van der Waals surface area contributed by atoms with Crippen LogP contribution in [0.3, 0.4) is 0 Å². The van der Waals surface area contributed by atoms with Crippen molar-refractivity contribution in [1.82, 2.24) is 0 Å². The molecule has 4 atom stereocenters. The zero-order chi connectivity index (χ0) is 23.7. The zero-order valence-corrected chi connectivity index (χ0v) is 23.4. The van der Waals surface area contributed by atoms with Gasteiger partial charge in [0.15, 0.2) is 2.14 Å². The van der Waals surface area contributed by atoms with E-state index in [2.05, 4.69) is 53.9 Å². The Kier molecular flexibility index (Phi) is 7.83. The van der Waals surface area contributed by atoms with Crippen LogP contribution in [-0.4, -0.2) is 22.4 Å². The number of alkyl halides is 3. The molecule has 32 heavy (non-hydrogen) atoms. The lowest BCUT2D eigenvalue weighted by Crippen LogP contribution is -2.34. The lowest BCUT2D eigenvalue weighted by atomic mass is 9.91. The van der Waals surface area contributed by atoms with Gasteiger partial charge in [-0.1, -0.05) is 92.0 Å². The maximum Gasteiger partial charge on any atom is 0.267 e. The van der Waals surface area contributed by atoms with E-state index in [4.69, 9.17) is 8.92 Å². The number of para-hydroxylation sites is 1. The molecular weight excluding hydrogens is 626 g/mol. The van der Waals surface area contributed by atoms with Gasteiger partial charge in [0, 0.05) is 5.92 Å². The molecule has 1 aliphatic carbocycles. The smallest absolute Gasteiger partial charge is 0.267 e. The molecule has 0 N–H and O–H groups in total. The molecule has 0 radical (unpaired) electrons. The molecule has 0 aliphatic heterocycles. The molecule has 0 spiro atoms. The lowest BCUT2D eigenvalue weighted by Gasteiger charge is -2.26. The molecule has 0 amide bonds. The number of nitriles is 1. The average Bonchev–Trinajstić information content (AvgIpc) is 3.28. The Morgan fingerprint density at radius 2 is 1.69 bits per heavy atom. The fourth-order valence-corrected chi connectivity index (χ4v) is 6.46. The van der Waals surface area contributed by atoms with Crippen molar-refractivity contribution in [2.24, 2.45) is 17.3 Å². The van der Waals surface area contributed by atoms with Crippen LogP contribution in [0, 0.1) is 28.6 Å². The average molecular weight is 650 g/mol. The number of benzene rings is 2. The first-order valence-corrected chi connectivity index (χ1v) is 14.1. The highest BCUT2D eigenvalue weighted by molar-refractivity contribution is 9.39. The Hall–Kier alpha value is -0.920. The van der Waals surface area contributed by atoms with Crippen molar-refractivity contribution in [3.8, 4) is 17.6 Å². The number of hydrogen-bond donors (Lipinski definition) is 0. The molecule has 0 unspecified atom stereocenters. The van der Waals surface area contributed by atoms with Crippen molar-refractivity contribution in [2.75, 3.05) is 5.75 Å². The zero-order valence-electron chi connectivity index (χ0n) is 17.8. The summed E-state index contributed by atoms with van der Waals surface area (Å²) in [5, 5.41) is 10.1. The van der Waals surface area contributed by atoms with Gasteiger partial charge in [0.2, 0.25) is 0 Å². The van der Waals surface area contributed by atoms with Crippen LogP contribution < -0.4 is 4.74 Å². The van der Waals surface area contributed by atoms with Crippen molar-refractivity contribution in [1.29, 1.82) is 5.26 Å². The molecular formula is C23H24Br3NO4S. The summed E-state index contributed by atoms with van der Waals surface area (Å²) in [6, 6.07) is 19.4. The fraction of sp³-hybridized carbons (Fsp3) is 0.435. The van der Waals surface area contributed by atoms with E-state index < -0.39 is 24.3 Å². The molecule has 0 saturated heterocycles. The number of hydrogen-bond acceptors (Lipinski definition) is 5. The highest BCUT2D eigenvalue weighted by Crippen LogP contribution is 2.68. The van der Waals surface area contributed by atoms with Crippen LogP contribution >= 0.6 is 47.8 Å². The minimum absolute atomic E-state index is 0.122. The minimum Gasteiger partial charge on any atom is -0.457 e. The van der Waals surface area contributed by atoms with Crippen molar-refractivity contribution in [2.45, 2.75) is 34.9 Å². The SMILES string of the molecule is CCS(=O)(=O)O[C@H]([C@H]1[C@@H]([C@H](C#N)c2cccc(Oc3ccccc3)c2)C1(C)C)C(Br)(Br)Br. The summed E-state index contributed by atoms with van der Waals surface area (Å²) < 4.78 is 35.1. The summed E-state index contributed by atoms with van der Waals surface area (Å²) in [7, 11) is -3.71. The Bertz CT molecular complexity index is 1090. The second-order valence-electron chi connectivity index (χ2n) is 8.37. The molecule has 0 aromatic heterocycles. The summed E-state index contributed by atoms with van der Waals surface area (Å²) in [5.41, 5.74) is 0.494. The van der Waals surface area contributed by atoms with E-state index in [0.717, 1.165) is 5.56 Å². The summed E-state index contributed by atoms with van der Waals surface area (Å²) in [6.07, 6.45) is -0.757. The molecule has 9 heteroatoms. The van der Waals surface area contributed by atoms with Crippen molar-refractivity contribution in [3.05, 3.63) is 60.2 Å². The molecule has 2 aromatic carbocycles. The van der Waals surface area contributed by atoms with Gasteiger partial charge in [-0.2, -0.15) is 13.7 Å². The maximum atomic E-state index is 12.3. The van der Waals surface area contributed by atoms with Gasteiger partial charge >= 0.3 is 0 Å². The van der Waals surface area contributed by atoms with E-state index in [1.165, 1.54) is 6.92 Å². The minimum atomic E-state index is -3.71. The van der Waals surface area contributed by atoms with Crippen LogP contribution in [0.2, 0.25) is 0 Å². The maximum absolute atomic E-state index is 12.3. The van der Waals surface area contributed by atoms with E-state index in [-0.39, 0.29) is 23.0 Å². The largest absolute Gasteiger partial charge is 0.457 e. The summed E-state index contributed by atoms with van der Waals surface area (Å²) in [4.78, 5) is 0. The third-order valence-corrected chi connectivity index (χ3v) is 8.50. The van der Waals surface area contributed by atoms with Gasteiger partial charge in [0.05, 0.1) is 17.7 Å². The second-order valence-corrected chi connectivity index (χ2v) is 17.2. The second kappa shape index (κ2) is 9.75. The molecule has 172 valence electrons. The van der Waals surface area contributed by atoms with Gasteiger partial charge < -0.3 is 4.74 Å². The number of rotatable bonds is 8. The van der Waals surface area contributed by atoms with Crippen LogP contribution in [-0.2, 0) is 14.3 Å². The third kappa shape index (κ3) is 5.76. The summed E-state index contributed by atoms with van der Waals surface area (Å²) in [5.74, 6) is 0.434. The van der Waals surface area contributed by atoms with E-state index >= 15 is 0 Å². The van der Waals surface area contributed by atoms with Crippen molar-refractivity contribution >= 4 is 57.9 Å². The molecule has 1 fully saturated rings. The molecule has 0 bridgehead atoms. The summed E-state index contributed by atoms with van der Waals surface area (Å²) >= 11 is 10.4. The van der Waals surface area contributed by atoms with Gasteiger partial charge in [-0.05, 0) is 48.1 Å². The van der Waals surface area contributed by atoms with Crippen LogP contribution in [0.4, 0.5) is 0 Å². The highest BCUT2D eigenvalue weighted by Gasteiger charge is 2.68. The van der Waals surface area contributed by atoms with Gasteiger partial charge in [-0.15, -0.1) is 0 Å². The Balaban J connectivity index is 1.90. The van der Waals surface area contributed by atoms with Gasteiger partial charge in [-0.3, -0.25) is 4.18 Å². The lowest BCUT2D eigenvalue weighted by molar-refractivity contribution is 0.180. The Labute approximate surface area is 215 Å². The molecule has 1 saturated carbocycles. The number of ether oxygens (including phenoxy) is 1. The predicted molar refractivity (Wildman–Crippen MR) is 136 cm³/mol. The van der Waals surface area contributed by atoms with Gasteiger partial charge in [0.1, 0.15) is 17.6 Å². The monoisotopic (exact) mass is 647 g/mol.